The van der Waals surface area contributed by atoms with Crippen molar-refractivity contribution in [3.05, 3.63) is 41.2 Å². The van der Waals surface area contributed by atoms with Crippen molar-refractivity contribution in [2.24, 2.45) is 0 Å². The molecule has 1 N–H and O–H groups in total. The van der Waals surface area contributed by atoms with Gasteiger partial charge in [0.15, 0.2) is 17.6 Å². The number of nitrogens with one attached hydrogen (secondary N) is 1. The summed E-state index contributed by atoms with van der Waals surface area (Å²) in [4.78, 5) is 32.2. The number of hydrogen-bond donors (Lipinski definition) is 1. The maximum atomic E-state index is 12.4. The van der Waals surface area contributed by atoms with Gasteiger partial charge in [-0.1, -0.05) is 18.5 Å². The van der Waals surface area contributed by atoms with E-state index in [9.17, 15) is 9.59 Å². The monoisotopic (exact) mass is 393 g/mol. The Morgan fingerprint density at radius 3 is 2.59 bits per heavy atom. The van der Waals surface area contributed by atoms with Crippen molar-refractivity contribution in [3.8, 4) is 11.5 Å². The zero-order valence-electron chi connectivity index (χ0n) is 15.2. The molecule has 0 fully saturated rings. The van der Waals surface area contributed by atoms with Gasteiger partial charge in [0, 0.05) is 12.4 Å². The SMILES string of the molecule is CCCOc1c(Cl)cc(C(=O)OC(C)C(=O)Nc2ncccn2)cc1OC. The van der Waals surface area contributed by atoms with Gasteiger partial charge in [-0.05, 0) is 31.5 Å². The van der Waals surface area contributed by atoms with E-state index in [1.54, 1.807) is 6.07 Å². The van der Waals surface area contributed by atoms with E-state index < -0.39 is 18.0 Å². The molecule has 0 aliphatic heterocycles. The molecule has 9 heteroatoms. The zero-order valence-corrected chi connectivity index (χ0v) is 15.9. The average molecular weight is 394 g/mol. The molecule has 1 aromatic heterocycles. The van der Waals surface area contributed by atoms with Gasteiger partial charge < -0.3 is 14.2 Å². The number of benzene rings is 1. The molecule has 1 atom stereocenters. The minimum absolute atomic E-state index is 0.118. The molecule has 0 aliphatic rings. The van der Waals surface area contributed by atoms with Gasteiger partial charge in [0.25, 0.3) is 5.91 Å². The van der Waals surface area contributed by atoms with Crippen LogP contribution in [0.15, 0.2) is 30.6 Å². The van der Waals surface area contributed by atoms with Crippen molar-refractivity contribution >= 4 is 29.4 Å². The van der Waals surface area contributed by atoms with E-state index in [0.717, 1.165) is 6.42 Å². The normalized spacial score (nSPS) is 11.4. The summed E-state index contributed by atoms with van der Waals surface area (Å²) in [6.45, 7) is 3.85. The molecule has 2 rings (SSSR count). The average Bonchev–Trinajstić information content (AvgIpc) is 2.67. The Morgan fingerprint density at radius 1 is 1.26 bits per heavy atom. The lowest BCUT2D eigenvalue weighted by Gasteiger charge is -2.15. The van der Waals surface area contributed by atoms with Crippen molar-refractivity contribution < 1.29 is 23.8 Å². The van der Waals surface area contributed by atoms with Gasteiger partial charge >= 0.3 is 5.97 Å². The van der Waals surface area contributed by atoms with Crippen molar-refractivity contribution in [2.45, 2.75) is 26.4 Å². The number of amides is 1. The van der Waals surface area contributed by atoms with Crippen LogP contribution in [-0.2, 0) is 9.53 Å². The third kappa shape index (κ3) is 5.55. The van der Waals surface area contributed by atoms with Gasteiger partial charge in [0.1, 0.15) is 0 Å². The fourth-order valence-electron chi connectivity index (χ4n) is 2.04. The molecule has 0 bridgehead atoms. The van der Waals surface area contributed by atoms with Crippen LogP contribution < -0.4 is 14.8 Å². The van der Waals surface area contributed by atoms with E-state index in [-0.39, 0.29) is 16.5 Å². The fraction of sp³-hybridized carbons (Fsp3) is 0.333. The maximum Gasteiger partial charge on any atom is 0.339 e. The first-order chi connectivity index (χ1) is 13.0. The largest absolute Gasteiger partial charge is 0.493 e. The van der Waals surface area contributed by atoms with Crippen LogP contribution in [0.4, 0.5) is 5.95 Å². The van der Waals surface area contributed by atoms with Crippen molar-refractivity contribution in [3.63, 3.8) is 0 Å². The van der Waals surface area contributed by atoms with Crippen LogP contribution in [-0.4, -0.2) is 41.7 Å². The zero-order chi connectivity index (χ0) is 19.8. The van der Waals surface area contributed by atoms with Crippen molar-refractivity contribution in [1.29, 1.82) is 0 Å². The number of aromatic nitrogens is 2. The highest BCUT2D eigenvalue weighted by molar-refractivity contribution is 6.32. The molecule has 8 nitrogen and oxygen atoms in total. The first kappa shape index (κ1) is 20.4. The molecule has 1 unspecified atom stereocenters. The summed E-state index contributed by atoms with van der Waals surface area (Å²) in [7, 11) is 1.44. The minimum Gasteiger partial charge on any atom is -0.493 e. The fourth-order valence-corrected chi connectivity index (χ4v) is 2.30. The Balaban J connectivity index is 2.08. The minimum atomic E-state index is -1.07. The molecule has 27 heavy (non-hydrogen) atoms. The molecule has 0 spiro atoms. The van der Waals surface area contributed by atoms with E-state index in [1.165, 1.54) is 38.6 Å². The standard InChI is InChI=1S/C18H20ClN3O5/c1-4-8-26-15-13(19)9-12(10-14(15)25-3)17(24)27-11(2)16(23)22-18-20-6-5-7-21-18/h5-7,9-11H,4,8H2,1-3H3,(H,20,21,22,23). The number of carbonyl (C=O) groups is 2. The highest BCUT2D eigenvalue weighted by Crippen LogP contribution is 2.36. The molecular formula is C18H20ClN3O5. The molecule has 0 radical (unpaired) electrons. The van der Waals surface area contributed by atoms with E-state index in [4.69, 9.17) is 25.8 Å². The smallest absolute Gasteiger partial charge is 0.339 e. The predicted molar refractivity (Wildman–Crippen MR) is 99.3 cm³/mol. The number of methoxy groups -OCH3 is 1. The third-order valence-corrected chi connectivity index (χ3v) is 3.65. The predicted octanol–water partition coefficient (Wildman–Crippen LogP) is 3.11. The lowest BCUT2D eigenvalue weighted by atomic mass is 10.2. The lowest BCUT2D eigenvalue weighted by molar-refractivity contribution is -0.123. The summed E-state index contributed by atoms with van der Waals surface area (Å²) in [6, 6.07) is 4.47. The molecule has 144 valence electrons. The number of esters is 1. The topological polar surface area (TPSA) is 99.6 Å². The number of carbonyl (C=O) groups excluding carboxylic acids is 2. The number of halogens is 1. The molecule has 0 aliphatic carbocycles. The van der Waals surface area contributed by atoms with E-state index in [0.29, 0.717) is 18.1 Å². The van der Waals surface area contributed by atoms with Crippen LogP contribution in [0, 0.1) is 0 Å². The Hall–Kier alpha value is -2.87. The summed E-state index contributed by atoms with van der Waals surface area (Å²) in [5.74, 6) is -0.515. The third-order valence-electron chi connectivity index (χ3n) is 3.37. The molecule has 1 amide bonds. The number of rotatable bonds is 8. The number of anilines is 1. The summed E-state index contributed by atoms with van der Waals surface area (Å²) in [6.07, 6.45) is 2.69. The van der Waals surface area contributed by atoms with E-state index in [2.05, 4.69) is 15.3 Å². The van der Waals surface area contributed by atoms with Gasteiger partial charge in [-0.15, -0.1) is 0 Å². The van der Waals surface area contributed by atoms with Gasteiger partial charge in [-0.25, -0.2) is 14.8 Å². The quantitative estimate of drug-likeness (QED) is 0.687. The molecule has 1 aromatic carbocycles. The highest BCUT2D eigenvalue weighted by Gasteiger charge is 2.22. The van der Waals surface area contributed by atoms with Crippen LogP contribution >= 0.6 is 11.6 Å². The highest BCUT2D eigenvalue weighted by atomic mass is 35.5. The lowest BCUT2D eigenvalue weighted by Crippen LogP contribution is -2.30. The maximum absolute atomic E-state index is 12.4. The Labute approximate surface area is 161 Å². The van der Waals surface area contributed by atoms with E-state index >= 15 is 0 Å². The first-order valence-corrected chi connectivity index (χ1v) is 8.63. The van der Waals surface area contributed by atoms with Crippen molar-refractivity contribution in [2.75, 3.05) is 19.0 Å². The second-order valence-corrected chi connectivity index (χ2v) is 5.85. The molecule has 2 aromatic rings. The first-order valence-electron chi connectivity index (χ1n) is 8.25. The van der Waals surface area contributed by atoms with Crippen LogP contribution in [0.3, 0.4) is 0 Å². The van der Waals surface area contributed by atoms with Crippen LogP contribution in [0.1, 0.15) is 30.6 Å². The summed E-state index contributed by atoms with van der Waals surface area (Å²) in [5.41, 5.74) is 0.135. The second kappa shape index (κ2) is 9.72. The summed E-state index contributed by atoms with van der Waals surface area (Å²) in [5, 5.41) is 2.67. The van der Waals surface area contributed by atoms with Crippen LogP contribution in [0.5, 0.6) is 11.5 Å². The Morgan fingerprint density at radius 2 is 1.96 bits per heavy atom. The molecule has 0 saturated carbocycles. The number of nitrogens with zero attached hydrogens (tertiary/aromatic N) is 2. The Bertz CT molecular complexity index is 801. The van der Waals surface area contributed by atoms with Crippen LogP contribution in [0.25, 0.3) is 0 Å². The van der Waals surface area contributed by atoms with Gasteiger partial charge in [0.05, 0.1) is 24.3 Å². The van der Waals surface area contributed by atoms with E-state index in [1.807, 2.05) is 6.92 Å². The second-order valence-electron chi connectivity index (χ2n) is 5.45. The van der Waals surface area contributed by atoms with Crippen molar-refractivity contribution in [1.82, 2.24) is 9.97 Å². The number of hydrogen-bond acceptors (Lipinski definition) is 7. The molecular weight excluding hydrogens is 374 g/mol. The molecule has 1 heterocycles. The molecule has 0 saturated heterocycles. The van der Waals surface area contributed by atoms with Gasteiger partial charge in [-0.2, -0.15) is 0 Å². The van der Waals surface area contributed by atoms with Gasteiger partial charge in [0.2, 0.25) is 5.95 Å². The number of ether oxygens (including phenoxy) is 3. The van der Waals surface area contributed by atoms with Gasteiger partial charge in [-0.3, -0.25) is 10.1 Å². The summed E-state index contributed by atoms with van der Waals surface area (Å²) >= 11 is 6.19. The summed E-state index contributed by atoms with van der Waals surface area (Å²) < 4.78 is 16.0. The Kier molecular flexibility index (Phi) is 7.36. The van der Waals surface area contributed by atoms with Crippen LogP contribution in [0.2, 0.25) is 5.02 Å².